The Morgan fingerprint density at radius 2 is 2.00 bits per heavy atom. The van der Waals surface area contributed by atoms with Gasteiger partial charge in [0.25, 0.3) is 0 Å². The van der Waals surface area contributed by atoms with E-state index in [-0.39, 0.29) is 5.75 Å². The fourth-order valence-corrected chi connectivity index (χ4v) is 1.10. The molecule has 0 saturated heterocycles. The first-order valence-corrected chi connectivity index (χ1v) is 4.37. The van der Waals surface area contributed by atoms with Crippen molar-refractivity contribution in [3.8, 4) is 17.1 Å². The van der Waals surface area contributed by atoms with Crippen LogP contribution in [0.4, 0.5) is 0 Å². The highest BCUT2D eigenvalue weighted by molar-refractivity contribution is 5.54. The second-order valence-corrected chi connectivity index (χ2v) is 2.85. The molecule has 0 aliphatic carbocycles. The molecule has 0 atom stereocenters. The van der Waals surface area contributed by atoms with E-state index < -0.39 is 0 Å². The monoisotopic (exact) mass is 190 g/mol. The van der Waals surface area contributed by atoms with Crippen LogP contribution in [0.15, 0.2) is 24.3 Å². The third-order valence-corrected chi connectivity index (χ3v) is 1.86. The molecule has 0 unspecified atom stereocenters. The van der Waals surface area contributed by atoms with Gasteiger partial charge in [0.1, 0.15) is 5.75 Å². The molecule has 5 nitrogen and oxygen atoms in total. The lowest BCUT2D eigenvalue weighted by molar-refractivity contribution is 0.475. The van der Waals surface area contributed by atoms with Crippen LogP contribution in [-0.2, 0) is 6.54 Å². The first-order valence-electron chi connectivity index (χ1n) is 4.37. The van der Waals surface area contributed by atoms with Crippen LogP contribution in [0.25, 0.3) is 11.4 Å². The molecule has 14 heavy (non-hydrogen) atoms. The average molecular weight is 190 g/mol. The summed E-state index contributed by atoms with van der Waals surface area (Å²) < 4.78 is 0. The second kappa shape index (κ2) is 3.45. The van der Waals surface area contributed by atoms with Gasteiger partial charge in [0.05, 0.1) is 6.54 Å². The van der Waals surface area contributed by atoms with Crippen LogP contribution in [0, 0.1) is 0 Å². The molecule has 0 spiro atoms. The highest BCUT2D eigenvalue weighted by Crippen LogP contribution is 2.17. The topological polar surface area (TPSA) is 63.8 Å². The molecule has 72 valence electrons. The summed E-state index contributed by atoms with van der Waals surface area (Å²) in [6.45, 7) is 2.65. The molecule has 0 fully saturated rings. The van der Waals surface area contributed by atoms with Crippen LogP contribution in [0.5, 0.6) is 5.75 Å². The SMILES string of the molecule is CCn1nnc(-c2ccc(O)cc2)n1. The number of phenolic OH excluding ortho intramolecular Hbond substituents is 1. The molecule has 5 heteroatoms. The summed E-state index contributed by atoms with van der Waals surface area (Å²) in [6.07, 6.45) is 0. The number of hydrogen-bond acceptors (Lipinski definition) is 4. The fourth-order valence-electron chi connectivity index (χ4n) is 1.10. The van der Waals surface area contributed by atoms with E-state index in [1.165, 1.54) is 4.80 Å². The summed E-state index contributed by atoms with van der Waals surface area (Å²) in [6, 6.07) is 6.71. The molecule has 0 amide bonds. The van der Waals surface area contributed by atoms with Gasteiger partial charge in [0.2, 0.25) is 5.82 Å². The number of hydrogen-bond donors (Lipinski definition) is 1. The van der Waals surface area contributed by atoms with E-state index in [0.717, 1.165) is 5.56 Å². The fraction of sp³-hybridized carbons (Fsp3) is 0.222. The maximum Gasteiger partial charge on any atom is 0.204 e. The van der Waals surface area contributed by atoms with Crippen molar-refractivity contribution in [1.29, 1.82) is 0 Å². The van der Waals surface area contributed by atoms with Crippen molar-refractivity contribution in [3.63, 3.8) is 0 Å². The number of phenols is 1. The van der Waals surface area contributed by atoms with E-state index in [1.54, 1.807) is 24.3 Å². The Morgan fingerprint density at radius 1 is 1.29 bits per heavy atom. The van der Waals surface area contributed by atoms with E-state index >= 15 is 0 Å². The van der Waals surface area contributed by atoms with Crippen molar-refractivity contribution in [2.24, 2.45) is 0 Å². The summed E-state index contributed by atoms with van der Waals surface area (Å²) in [4.78, 5) is 1.52. The molecular formula is C9H10N4O. The zero-order chi connectivity index (χ0) is 9.97. The van der Waals surface area contributed by atoms with Gasteiger partial charge in [0, 0.05) is 5.56 Å². The van der Waals surface area contributed by atoms with Gasteiger partial charge in [-0.25, -0.2) is 0 Å². The third-order valence-electron chi connectivity index (χ3n) is 1.86. The van der Waals surface area contributed by atoms with Crippen LogP contribution in [0.3, 0.4) is 0 Å². The van der Waals surface area contributed by atoms with Crippen molar-refractivity contribution < 1.29 is 5.11 Å². The van der Waals surface area contributed by atoms with Crippen molar-refractivity contribution in [1.82, 2.24) is 20.2 Å². The maximum atomic E-state index is 9.09. The molecule has 2 rings (SSSR count). The molecule has 1 N–H and O–H groups in total. The standard InChI is InChI=1S/C9H10N4O/c1-2-13-11-9(10-12-13)7-3-5-8(14)6-4-7/h3-6,14H,2H2,1H3. The van der Waals surface area contributed by atoms with Crippen LogP contribution in [0.1, 0.15) is 6.92 Å². The molecule has 0 saturated carbocycles. The van der Waals surface area contributed by atoms with Crippen molar-refractivity contribution in [3.05, 3.63) is 24.3 Å². The molecule has 2 aromatic rings. The van der Waals surface area contributed by atoms with Gasteiger partial charge in [-0.05, 0) is 36.4 Å². The van der Waals surface area contributed by atoms with Gasteiger partial charge in [-0.3, -0.25) is 0 Å². The van der Waals surface area contributed by atoms with Crippen molar-refractivity contribution in [2.75, 3.05) is 0 Å². The summed E-state index contributed by atoms with van der Waals surface area (Å²) in [5.41, 5.74) is 0.850. The Morgan fingerprint density at radius 3 is 2.57 bits per heavy atom. The van der Waals surface area contributed by atoms with E-state index in [0.29, 0.717) is 12.4 Å². The second-order valence-electron chi connectivity index (χ2n) is 2.85. The first-order chi connectivity index (χ1) is 6.79. The molecule has 1 aromatic heterocycles. The van der Waals surface area contributed by atoms with Crippen molar-refractivity contribution in [2.45, 2.75) is 13.5 Å². The Balaban J connectivity index is 2.34. The molecule has 0 aliphatic rings. The van der Waals surface area contributed by atoms with Gasteiger partial charge < -0.3 is 5.11 Å². The number of tetrazole rings is 1. The predicted octanol–water partition coefficient (Wildman–Crippen LogP) is 1.07. The van der Waals surface area contributed by atoms with Gasteiger partial charge in [-0.2, -0.15) is 4.80 Å². The van der Waals surface area contributed by atoms with Gasteiger partial charge in [0.15, 0.2) is 0 Å². The zero-order valence-corrected chi connectivity index (χ0v) is 7.75. The number of nitrogens with zero attached hydrogens (tertiary/aromatic N) is 4. The van der Waals surface area contributed by atoms with Crippen LogP contribution < -0.4 is 0 Å². The molecular weight excluding hydrogens is 180 g/mol. The van der Waals surface area contributed by atoms with Crippen molar-refractivity contribution >= 4 is 0 Å². The number of benzene rings is 1. The van der Waals surface area contributed by atoms with Gasteiger partial charge >= 0.3 is 0 Å². The Hall–Kier alpha value is -1.91. The summed E-state index contributed by atoms with van der Waals surface area (Å²) >= 11 is 0. The maximum absolute atomic E-state index is 9.09. The minimum Gasteiger partial charge on any atom is -0.508 e. The molecule has 1 aromatic carbocycles. The lowest BCUT2D eigenvalue weighted by atomic mass is 10.2. The minimum absolute atomic E-state index is 0.233. The first kappa shape index (κ1) is 8.68. The highest BCUT2D eigenvalue weighted by Gasteiger charge is 2.03. The number of aryl methyl sites for hydroxylation is 1. The predicted molar refractivity (Wildman–Crippen MR) is 50.6 cm³/mol. The lowest BCUT2D eigenvalue weighted by Gasteiger charge is -1.94. The van der Waals surface area contributed by atoms with Gasteiger partial charge in [-0.1, -0.05) is 0 Å². The highest BCUT2D eigenvalue weighted by atomic mass is 16.3. The summed E-state index contributed by atoms with van der Waals surface area (Å²) in [7, 11) is 0. The Labute approximate surface area is 81.0 Å². The minimum atomic E-state index is 0.233. The molecule has 0 aliphatic heterocycles. The number of rotatable bonds is 2. The van der Waals surface area contributed by atoms with Crippen LogP contribution >= 0.6 is 0 Å². The van der Waals surface area contributed by atoms with E-state index in [9.17, 15) is 0 Å². The third kappa shape index (κ3) is 1.56. The quantitative estimate of drug-likeness (QED) is 0.769. The largest absolute Gasteiger partial charge is 0.508 e. The smallest absolute Gasteiger partial charge is 0.204 e. The van der Waals surface area contributed by atoms with E-state index in [4.69, 9.17) is 5.11 Å². The number of aromatic hydroxyl groups is 1. The Bertz CT molecular complexity index is 421. The van der Waals surface area contributed by atoms with E-state index in [2.05, 4.69) is 15.4 Å². The normalized spacial score (nSPS) is 10.4. The lowest BCUT2D eigenvalue weighted by Crippen LogP contribution is -1.98. The molecule has 0 radical (unpaired) electrons. The Kier molecular flexibility index (Phi) is 2.14. The van der Waals surface area contributed by atoms with E-state index in [1.807, 2.05) is 6.92 Å². The average Bonchev–Trinajstić information content (AvgIpc) is 2.67. The molecule has 0 bridgehead atoms. The number of aromatic nitrogens is 4. The summed E-state index contributed by atoms with van der Waals surface area (Å²) in [5, 5.41) is 21.0. The molecule has 1 heterocycles. The zero-order valence-electron chi connectivity index (χ0n) is 7.75. The summed E-state index contributed by atoms with van der Waals surface area (Å²) in [5.74, 6) is 0.809. The van der Waals surface area contributed by atoms with Crippen LogP contribution in [0.2, 0.25) is 0 Å². The van der Waals surface area contributed by atoms with Crippen LogP contribution in [-0.4, -0.2) is 25.3 Å². The van der Waals surface area contributed by atoms with Gasteiger partial charge in [-0.15, -0.1) is 10.2 Å².